The summed E-state index contributed by atoms with van der Waals surface area (Å²) in [6.45, 7) is 3.96. The number of halogens is 1. The molecule has 1 rings (SSSR count). The first-order valence-electron chi connectivity index (χ1n) is 4.95. The highest BCUT2D eigenvalue weighted by Gasteiger charge is 2.15. The second-order valence-electron chi connectivity index (χ2n) is 3.37. The van der Waals surface area contributed by atoms with Gasteiger partial charge in [-0.1, -0.05) is 28.9 Å². The third-order valence-electron chi connectivity index (χ3n) is 2.30. The molecule has 0 bridgehead atoms. The molecule has 0 aliphatic heterocycles. The summed E-state index contributed by atoms with van der Waals surface area (Å²) in [7, 11) is 0. The molecule has 0 saturated carbocycles. The van der Waals surface area contributed by atoms with Crippen LogP contribution >= 0.6 is 27.7 Å². The Hall–Kier alpha value is -0.280. The van der Waals surface area contributed by atoms with Gasteiger partial charge in [-0.2, -0.15) is 0 Å². The molecular formula is C12H15BrOS. The fourth-order valence-electron chi connectivity index (χ4n) is 1.38. The van der Waals surface area contributed by atoms with Crippen LogP contribution in [-0.4, -0.2) is 16.9 Å². The molecule has 0 aliphatic carbocycles. The second-order valence-corrected chi connectivity index (χ2v) is 5.59. The highest BCUT2D eigenvalue weighted by molar-refractivity contribution is 9.10. The average molecular weight is 287 g/mol. The van der Waals surface area contributed by atoms with Gasteiger partial charge in [-0.25, -0.2) is 0 Å². The van der Waals surface area contributed by atoms with Gasteiger partial charge in [-0.05, 0) is 37.3 Å². The number of alkyl halides is 1. The lowest BCUT2D eigenvalue weighted by Crippen LogP contribution is -2.11. The molecule has 0 amide bonds. The molecule has 0 aliphatic rings. The lowest BCUT2D eigenvalue weighted by molar-refractivity contribution is 0.0993. The number of aryl methyl sites for hydroxylation is 1. The van der Waals surface area contributed by atoms with E-state index in [9.17, 15) is 4.79 Å². The van der Waals surface area contributed by atoms with E-state index in [0.29, 0.717) is 0 Å². The summed E-state index contributed by atoms with van der Waals surface area (Å²) in [4.78, 5) is 12.9. The average Bonchev–Trinajstić information content (AvgIpc) is 2.27. The van der Waals surface area contributed by atoms with Gasteiger partial charge >= 0.3 is 0 Å². The maximum atomic E-state index is 11.9. The van der Waals surface area contributed by atoms with Gasteiger partial charge in [0.2, 0.25) is 0 Å². The van der Waals surface area contributed by atoms with Crippen LogP contribution in [0.15, 0.2) is 23.1 Å². The van der Waals surface area contributed by atoms with E-state index in [-0.39, 0.29) is 10.6 Å². The zero-order valence-electron chi connectivity index (χ0n) is 9.21. The maximum absolute atomic E-state index is 11.9. The molecule has 82 valence electrons. The van der Waals surface area contributed by atoms with Crippen molar-refractivity contribution in [1.29, 1.82) is 0 Å². The third-order valence-corrected chi connectivity index (χ3v) is 3.51. The van der Waals surface area contributed by atoms with Crippen LogP contribution in [0.1, 0.15) is 29.8 Å². The Kier molecular flexibility index (Phi) is 4.87. The monoisotopic (exact) mass is 286 g/mol. The van der Waals surface area contributed by atoms with Crippen LogP contribution in [0.3, 0.4) is 0 Å². The quantitative estimate of drug-likeness (QED) is 0.474. The number of thioether (sulfide) groups is 1. The molecule has 1 aromatic carbocycles. The largest absolute Gasteiger partial charge is 0.293 e. The zero-order chi connectivity index (χ0) is 11.4. The van der Waals surface area contributed by atoms with E-state index >= 15 is 0 Å². The summed E-state index contributed by atoms with van der Waals surface area (Å²) >= 11 is 4.95. The van der Waals surface area contributed by atoms with Gasteiger partial charge in [0, 0.05) is 10.5 Å². The SMILES string of the molecule is CCc1ccc(SC)c(C(=O)C(C)Br)c1. The molecule has 1 unspecified atom stereocenters. The van der Waals surface area contributed by atoms with Crippen LogP contribution in [0.2, 0.25) is 0 Å². The number of ketones is 1. The van der Waals surface area contributed by atoms with E-state index in [4.69, 9.17) is 0 Å². The van der Waals surface area contributed by atoms with Gasteiger partial charge in [0.1, 0.15) is 0 Å². The number of hydrogen-bond acceptors (Lipinski definition) is 2. The van der Waals surface area contributed by atoms with Crippen LogP contribution < -0.4 is 0 Å². The molecule has 0 spiro atoms. The lowest BCUT2D eigenvalue weighted by atomic mass is 10.0. The Balaban J connectivity index is 3.17. The molecule has 0 aromatic heterocycles. The van der Waals surface area contributed by atoms with E-state index in [1.54, 1.807) is 11.8 Å². The molecule has 0 heterocycles. The first kappa shape index (κ1) is 12.8. The van der Waals surface area contributed by atoms with Crippen LogP contribution in [0.25, 0.3) is 0 Å². The Morgan fingerprint density at radius 1 is 1.53 bits per heavy atom. The molecule has 15 heavy (non-hydrogen) atoms. The lowest BCUT2D eigenvalue weighted by Gasteiger charge is -2.09. The number of carbonyl (C=O) groups excluding carboxylic acids is 1. The highest BCUT2D eigenvalue weighted by atomic mass is 79.9. The smallest absolute Gasteiger partial charge is 0.177 e. The van der Waals surface area contributed by atoms with E-state index in [2.05, 4.69) is 28.9 Å². The summed E-state index contributed by atoms with van der Waals surface area (Å²) < 4.78 is 0. The number of rotatable bonds is 4. The van der Waals surface area contributed by atoms with Crippen molar-refractivity contribution in [2.75, 3.05) is 6.26 Å². The first-order valence-corrected chi connectivity index (χ1v) is 7.09. The van der Waals surface area contributed by atoms with Crippen molar-refractivity contribution in [2.24, 2.45) is 0 Å². The minimum atomic E-state index is -0.115. The molecule has 1 aromatic rings. The molecule has 0 N–H and O–H groups in total. The molecular weight excluding hydrogens is 272 g/mol. The molecule has 3 heteroatoms. The van der Waals surface area contributed by atoms with Crippen molar-refractivity contribution in [3.63, 3.8) is 0 Å². The van der Waals surface area contributed by atoms with Gasteiger partial charge < -0.3 is 0 Å². The Labute approximate surface area is 104 Å². The van der Waals surface area contributed by atoms with E-state index in [1.807, 2.05) is 25.3 Å². The summed E-state index contributed by atoms with van der Waals surface area (Å²) in [5, 5.41) is 0. The second kappa shape index (κ2) is 5.71. The predicted molar refractivity (Wildman–Crippen MR) is 70.3 cm³/mol. The van der Waals surface area contributed by atoms with Gasteiger partial charge in [-0.15, -0.1) is 11.8 Å². The molecule has 1 nitrogen and oxygen atoms in total. The number of carbonyl (C=O) groups is 1. The number of hydrogen-bond donors (Lipinski definition) is 0. The Morgan fingerprint density at radius 2 is 2.20 bits per heavy atom. The molecule has 0 radical (unpaired) electrons. The zero-order valence-corrected chi connectivity index (χ0v) is 11.6. The number of benzene rings is 1. The molecule has 1 atom stereocenters. The van der Waals surface area contributed by atoms with Crippen molar-refractivity contribution in [3.05, 3.63) is 29.3 Å². The van der Waals surface area contributed by atoms with Gasteiger partial charge in [0.25, 0.3) is 0 Å². The van der Waals surface area contributed by atoms with E-state index < -0.39 is 0 Å². The van der Waals surface area contributed by atoms with Crippen molar-refractivity contribution >= 4 is 33.5 Å². The van der Waals surface area contributed by atoms with Crippen LogP contribution in [0, 0.1) is 0 Å². The van der Waals surface area contributed by atoms with Crippen molar-refractivity contribution in [2.45, 2.75) is 30.0 Å². The van der Waals surface area contributed by atoms with Crippen LogP contribution in [-0.2, 0) is 6.42 Å². The Bertz CT molecular complexity index is 361. The first-order chi connectivity index (χ1) is 7.10. The summed E-state index contributed by atoms with van der Waals surface area (Å²) in [5.41, 5.74) is 2.05. The molecule has 0 saturated heterocycles. The molecule has 0 fully saturated rings. The van der Waals surface area contributed by atoms with Crippen molar-refractivity contribution < 1.29 is 4.79 Å². The van der Waals surface area contributed by atoms with E-state index in [1.165, 1.54) is 5.56 Å². The van der Waals surface area contributed by atoms with Gasteiger partial charge in [0.05, 0.1) is 4.83 Å². The van der Waals surface area contributed by atoms with Crippen LogP contribution in [0.5, 0.6) is 0 Å². The van der Waals surface area contributed by atoms with Gasteiger partial charge in [0.15, 0.2) is 5.78 Å². The van der Waals surface area contributed by atoms with E-state index in [0.717, 1.165) is 16.9 Å². The van der Waals surface area contributed by atoms with Gasteiger partial charge in [-0.3, -0.25) is 4.79 Å². The maximum Gasteiger partial charge on any atom is 0.177 e. The van der Waals surface area contributed by atoms with Crippen LogP contribution in [0.4, 0.5) is 0 Å². The third kappa shape index (κ3) is 3.08. The normalized spacial score (nSPS) is 12.5. The summed E-state index contributed by atoms with van der Waals surface area (Å²) in [5.74, 6) is 0.162. The minimum Gasteiger partial charge on any atom is -0.293 e. The van der Waals surface area contributed by atoms with Crippen molar-refractivity contribution in [3.8, 4) is 0 Å². The number of Topliss-reactive ketones (excluding diaryl/α,β-unsaturated/α-hetero) is 1. The predicted octanol–water partition coefficient (Wildman–Crippen LogP) is 3.94. The summed E-state index contributed by atoms with van der Waals surface area (Å²) in [6, 6.07) is 6.12. The summed E-state index contributed by atoms with van der Waals surface area (Å²) in [6.07, 6.45) is 2.96. The van der Waals surface area contributed by atoms with Crippen molar-refractivity contribution in [1.82, 2.24) is 0 Å². The Morgan fingerprint density at radius 3 is 2.67 bits per heavy atom. The minimum absolute atomic E-state index is 0.115. The standard InChI is InChI=1S/C12H15BrOS/c1-4-9-5-6-11(15-3)10(7-9)12(14)8(2)13/h5-8H,4H2,1-3H3. The fourth-order valence-corrected chi connectivity index (χ4v) is 2.21. The fraction of sp³-hybridized carbons (Fsp3) is 0.417. The highest BCUT2D eigenvalue weighted by Crippen LogP contribution is 2.24. The topological polar surface area (TPSA) is 17.1 Å².